The molecule has 4 aromatic carbocycles. The minimum atomic E-state index is -0.219. The van der Waals surface area contributed by atoms with Crippen molar-refractivity contribution in [2.24, 2.45) is 0 Å². The first kappa shape index (κ1) is 17.1. The van der Waals surface area contributed by atoms with Crippen LogP contribution in [0.15, 0.2) is 97.1 Å². The molecule has 0 amide bonds. The first-order chi connectivity index (χ1) is 14.2. The fourth-order valence-corrected chi connectivity index (χ4v) is 3.75. The molecule has 1 heterocycles. The van der Waals surface area contributed by atoms with Crippen molar-refractivity contribution in [2.45, 2.75) is 0 Å². The molecule has 0 aliphatic rings. The third kappa shape index (κ3) is 2.84. The average Bonchev–Trinajstić information content (AvgIpc) is 2.79. The van der Waals surface area contributed by atoms with Gasteiger partial charge in [-0.3, -0.25) is 4.79 Å². The maximum Gasteiger partial charge on any atom is 0.197 e. The van der Waals surface area contributed by atoms with E-state index in [4.69, 9.17) is 4.98 Å². The predicted octanol–water partition coefficient (Wildman–Crippen LogP) is 5.99. The highest BCUT2D eigenvalue weighted by molar-refractivity contribution is 6.21. The molecule has 0 aliphatic heterocycles. The van der Waals surface area contributed by atoms with Crippen LogP contribution in [0.5, 0.6) is 5.75 Å². The SMILES string of the molecule is O=C(c1ccccc1)c1c(O)c(-c2ccccc2)nc2c1ccc1ccccc12. The van der Waals surface area contributed by atoms with Gasteiger partial charge in [0.2, 0.25) is 0 Å². The van der Waals surface area contributed by atoms with Crippen LogP contribution in [0.25, 0.3) is 32.9 Å². The number of carbonyl (C=O) groups excluding carboxylic acids is 1. The van der Waals surface area contributed by atoms with Gasteiger partial charge in [0.15, 0.2) is 11.5 Å². The lowest BCUT2D eigenvalue weighted by Crippen LogP contribution is -2.05. The molecule has 5 aromatic rings. The van der Waals surface area contributed by atoms with E-state index in [1.807, 2.05) is 84.9 Å². The molecule has 29 heavy (non-hydrogen) atoms. The Morgan fingerprint density at radius 3 is 2.10 bits per heavy atom. The van der Waals surface area contributed by atoms with Crippen LogP contribution >= 0.6 is 0 Å². The van der Waals surface area contributed by atoms with E-state index in [0.717, 1.165) is 16.3 Å². The molecule has 0 atom stereocenters. The molecule has 138 valence electrons. The maximum absolute atomic E-state index is 13.4. The Labute approximate surface area is 167 Å². The highest BCUT2D eigenvalue weighted by atomic mass is 16.3. The van der Waals surface area contributed by atoms with Crippen molar-refractivity contribution in [1.82, 2.24) is 4.98 Å². The van der Waals surface area contributed by atoms with Gasteiger partial charge < -0.3 is 5.11 Å². The summed E-state index contributed by atoms with van der Waals surface area (Å²) >= 11 is 0. The quantitative estimate of drug-likeness (QED) is 0.311. The monoisotopic (exact) mass is 375 g/mol. The molecule has 1 aromatic heterocycles. The van der Waals surface area contributed by atoms with Crippen molar-refractivity contribution in [2.75, 3.05) is 0 Å². The summed E-state index contributed by atoms with van der Waals surface area (Å²) in [7, 11) is 0. The van der Waals surface area contributed by atoms with Crippen LogP contribution in [-0.4, -0.2) is 15.9 Å². The fraction of sp³-hybridized carbons (Fsp3) is 0. The molecule has 3 heteroatoms. The van der Waals surface area contributed by atoms with Crippen LogP contribution in [0.3, 0.4) is 0 Å². The topological polar surface area (TPSA) is 50.2 Å². The Kier molecular flexibility index (Phi) is 4.07. The minimum absolute atomic E-state index is 0.0900. The largest absolute Gasteiger partial charge is 0.505 e. The number of ketones is 1. The van der Waals surface area contributed by atoms with Gasteiger partial charge in [-0.1, -0.05) is 97.1 Å². The molecule has 0 fully saturated rings. The number of aromatic nitrogens is 1. The Morgan fingerprint density at radius 2 is 1.34 bits per heavy atom. The molecule has 5 rings (SSSR count). The lowest BCUT2D eigenvalue weighted by Gasteiger charge is -2.14. The summed E-state index contributed by atoms with van der Waals surface area (Å²) in [5, 5.41) is 13.8. The molecule has 0 aliphatic carbocycles. The lowest BCUT2D eigenvalue weighted by atomic mass is 9.94. The zero-order chi connectivity index (χ0) is 19.8. The number of aromatic hydroxyl groups is 1. The van der Waals surface area contributed by atoms with E-state index in [1.165, 1.54) is 0 Å². The molecule has 0 spiro atoms. The molecular formula is C26H17NO2. The van der Waals surface area contributed by atoms with E-state index >= 15 is 0 Å². The highest BCUT2D eigenvalue weighted by Crippen LogP contribution is 2.38. The minimum Gasteiger partial charge on any atom is -0.505 e. The number of fused-ring (bicyclic) bond motifs is 3. The van der Waals surface area contributed by atoms with Gasteiger partial charge in [-0.15, -0.1) is 0 Å². The fourth-order valence-electron chi connectivity index (χ4n) is 3.75. The van der Waals surface area contributed by atoms with Crippen LogP contribution in [0, 0.1) is 0 Å². The summed E-state index contributed by atoms with van der Waals surface area (Å²) in [5.74, 6) is -0.309. The Bertz CT molecular complexity index is 1360. The normalized spacial score (nSPS) is 11.0. The Hall–Kier alpha value is -3.98. The van der Waals surface area contributed by atoms with Gasteiger partial charge in [0.1, 0.15) is 5.69 Å². The van der Waals surface area contributed by atoms with Crippen molar-refractivity contribution in [3.8, 4) is 17.0 Å². The van der Waals surface area contributed by atoms with Gasteiger partial charge in [0, 0.05) is 21.9 Å². The van der Waals surface area contributed by atoms with Crippen molar-refractivity contribution in [3.05, 3.63) is 108 Å². The van der Waals surface area contributed by atoms with Gasteiger partial charge in [0.25, 0.3) is 0 Å². The number of hydrogen-bond acceptors (Lipinski definition) is 3. The van der Waals surface area contributed by atoms with Gasteiger partial charge in [-0.2, -0.15) is 0 Å². The third-order valence-corrected chi connectivity index (χ3v) is 5.16. The second-order valence-corrected chi connectivity index (χ2v) is 6.93. The van der Waals surface area contributed by atoms with E-state index in [2.05, 4.69) is 0 Å². The van der Waals surface area contributed by atoms with E-state index < -0.39 is 0 Å². The lowest BCUT2D eigenvalue weighted by molar-refractivity contribution is 0.103. The standard InChI is InChI=1S/C26H17NO2/c28-25(19-12-5-2-6-13-19)22-21-16-15-17-9-7-8-14-20(17)24(21)27-23(26(22)29)18-10-3-1-4-11-18/h1-16,29H. The second-order valence-electron chi connectivity index (χ2n) is 6.93. The molecule has 0 saturated heterocycles. The van der Waals surface area contributed by atoms with E-state index in [0.29, 0.717) is 22.2 Å². The van der Waals surface area contributed by atoms with Gasteiger partial charge in [0.05, 0.1) is 11.1 Å². The predicted molar refractivity (Wildman–Crippen MR) is 116 cm³/mol. The number of benzene rings is 4. The summed E-state index contributed by atoms with van der Waals surface area (Å²) in [4.78, 5) is 18.2. The van der Waals surface area contributed by atoms with E-state index in [-0.39, 0.29) is 17.1 Å². The Morgan fingerprint density at radius 1 is 0.690 bits per heavy atom. The Balaban J connectivity index is 1.91. The molecule has 1 N–H and O–H groups in total. The van der Waals surface area contributed by atoms with Crippen LogP contribution in [0.4, 0.5) is 0 Å². The maximum atomic E-state index is 13.4. The molecular weight excluding hydrogens is 358 g/mol. The van der Waals surface area contributed by atoms with Crippen molar-refractivity contribution >= 4 is 27.5 Å². The van der Waals surface area contributed by atoms with Crippen LogP contribution in [0.1, 0.15) is 15.9 Å². The number of hydrogen-bond donors (Lipinski definition) is 1. The first-order valence-corrected chi connectivity index (χ1v) is 9.43. The summed E-state index contributed by atoms with van der Waals surface area (Å²) in [5.41, 5.74) is 2.70. The number of rotatable bonds is 3. The van der Waals surface area contributed by atoms with Gasteiger partial charge in [-0.05, 0) is 5.39 Å². The molecule has 0 bridgehead atoms. The zero-order valence-corrected chi connectivity index (χ0v) is 15.5. The summed E-state index contributed by atoms with van der Waals surface area (Å²) in [6, 6.07) is 30.3. The van der Waals surface area contributed by atoms with E-state index in [1.54, 1.807) is 12.1 Å². The van der Waals surface area contributed by atoms with Gasteiger partial charge >= 0.3 is 0 Å². The van der Waals surface area contributed by atoms with Crippen LogP contribution in [-0.2, 0) is 0 Å². The van der Waals surface area contributed by atoms with Gasteiger partial charge in [-0.25, -0.2) is 4.98 Å². The molecule has 0 radical (unpaired) electrons. The number of carbonyl (C=O) groups is 1. The first-order valence-electron chi connectivity index (χ1n) is 9.43. The van der Waals surface area contributed by atoms with E-state index in [9.17, 15) is 9.90 Å². The molecule has 3 nitrogen and oxygen atoms in total. The summed E-state index contributed by atoms with van der Waals surface area (Å²) in [6.45, 7) is 0. The van der Waals surface area contributed by atoms with Crippen molar-refractivity contribution in [3.63, 3.8) is 0 Å². The molecule has 0 unspecified atom stereocenters. The highest BCUT2D eigenvalue weighted by Gasteiger charge is 2.23. The number of pyridine rings is 1. The van der Waals surface area contributed by atoms with Crippen molar-refractivity contribution in [1.29, 1.82) is 0 Å². The summed E-state index contributed by atoms with van der Waals surface area (Å²) in [6.07, 6.45) is 0. The number of nitrogens with zero attached hydrogens (tertiary/aromatic N) is 1. The van der Waals surface area contributed by atoms with Crippen molar-refractivity contribution < 1.29 is 9.90 Å². The van der Waals surface area contributed by atoms with Crippen LogP contribution < -0.4 is 0 Å². The third-order valence-electron chi connectivity index (χ3n) is 5.16. The smallest absolute Gasteiger partial charge is 0.197 e. The second kappa shape index (κ2) is 6.88. The zero-order valence-electron chi connectivity index (χ0n) is 15.5. The summed E-state index contributed by atoms with van der Waals surface area (Å²) < 4.78 is 0. The van der Waals surface area contributed by atoms with Crippen LogP contribution in [0.2, 0.25) is 0 Å². The average molecular weight is 375 g/mol. The molecule has 0 saturated carbocycles.